The Morgan fingerprint density at radius 1 is 1.17 bits per heavy atom. The van der Waals surface area contributed by atoms with Crippen LogP contribution in [0.4, 0.5) is 0 Å². The number of likely N-dealkylation sites (tertiary alicyclic amines) is 1. The molecule has 2 heterocycles. The summed E-state index contributed by atoms with van der Waals surface area (Å²) in [6.45, 7) is 3.46. The Bertz CT molecular complexity index is 516. The molecular weight excluding hydrogens is 339 g/mol. The Hall–Kier alpha value is -0.690. The predicted octanol–water partition coefficient (Wildman–Crippen LogP) is -0.977. The summed E-state index contributed by atoms with van der Waals surface area (Å²) in [6.07, 6.45) is 4.05. The molecule has 0 bridgehead atoms. The van der Waals surface area contributed by atoms with Crippen molar-refractivity contribution in [2.45, 2.75) is 25.9 Å². The first-order valence-electron chi connectivity index (χ1n) is 6.39. The van der Waals surface area contributed by atoms with Gasteiger partial charge >= 0.3 is 0 Å². The lowest BCUT2D eigenvalue weighted by atomic mass is 10.1. The summed E-state index contributed by atoms with van der Waals surface area (Å²) in [5.41, 5.74) is 2.15. The standard InChI is InChI=1S/C13H19N4.HI/c1-17(9-5-2-6-10-17)11-16-13-8-4-3-7-12(13)14-15-16;/h3-4,7-8H,2,5-6,9-11H2,1H3;1H/q+1;/p-1. The van der Waals surface area contributed by atoms with Crippen molar-refractivity contribution in [1.29, 1.82) is 0 Å². The van der Waals surface area contributed by atoms with E-state index in [9.17, 15) is 0 Å². The van der Waals surface area contributed by atoms with Gasteiger partial charge in [0, 0.05) is 0 Å². The van der Waals surface area contributed by atoms with Gasteiger partial charge in [-0.3, -0.25) is 0 Å². The van der Waals surface area contributed by atoms with Gasteiger partial charge in [0.1, 0.15) is 5.52 Å². The van der Waals surface area contributed by atoms with Crippen molar-refractivity contribution in [2.75, 3.05) is 20.1 Å². The molecule has 0 aliphatic carbocycles. The highest BCUT2D eigenvalue weighted by Crippen LogP contribution is 2.19. The number of aromatic nitrogens is 3. The van der Waals surface area contributed by atoms with Crippen LogP contribution in [0.2, 0.25) is 0 Å². The van der Waals surface area contributed by atoms with E-state index in [1.807, 2.05) is 12.1 Å². The minimum absolute atomic E-state index is 0. The molecule has 0 saturated carbocycles. The molecule has 0 spiro atoms. The zero-order chi connectivity index (χ0) is 11.7. The molecule has 1 aromatic heterocycles. The summed E-state index contributed by atoms with van der Waals surface area (Å²) >= 11 is 0. The van der Waals surface area contributed by atoms with Crippen LogP contribution in [0.15, 0.2) is 24.3 Å². The molecule has 5 heteroatoms. The molecule has 0 radical (unpaired) electrons. The smallest absolute Gasteiger partial charge is 0.176 e. The van der Waals surface area contributed by atoms with Crippen LogP contribution in [0.3, 0.4) is 0 Å². The van der Waals surface area contributed by atoms with Crippen LogP contribution in [0, 0.1) is 0 Å². The maximum atomic E-state index is 4.29. The van der Waals surface area contributed by atoms with Gasteiger partial charge in [0.15, 0.2) is 6.67 Å². The van der Waals surface area contributed by atoms with Crippen molar-refractivity contribution in [1.82, 2.24) is 15.0 Å². The van der Waals surface area contributed by atoms with Crippen molar-refractivity contribution in [3.05, 3.63) is 24.3 Å². The van der Waals surface area contributed by atoms with Crippen molar-refractivity contribution in [2.24, 2.45) is 0 Å². The molecule has 1 aliphatic heterocycles. The molecule has 0 N–H and O–H groups in total. The Morgan fingerprint density at radius 3 is 2.67 bits per heavy atom. The zero-order valence-electron chi connectivity index (χ0n) is 10.7. The molecule has 1 saturated heterocycles. The summed E-state index contributed by atoms with van der Waals surface area (Å²) < 4.78 is 3.15. The lowest BCUT2D eigenvalue weighted by molar-refractivity contribution is -0.935. The van der Waals surface area contributed by atoms with E-state index < -0.39 is 0 Å². The van der Waals surface area contributed by atoms with Crippen LogP contribution in [0.25, 0.3) is 11.0 Å². The Labute approximate surface area is 125 Å². The number of fused-ring (bicyclic) bond motifs is 1. The van der Waals surface area contributed by atoms with E-state index in [2.05, 4.69) is 34.2 Å². The van der Waals surface area contributed by atoms with Crippen LogP contribution >= 0.6 is 0 Å². The highest BCUT2D eigenvalue weighted by molar-refractivity contribution is 5.73. The third-order valence-corrected chi connectivity index (χ3v) is 3.79. The number of halogens is 1. The first-order chi connectivity index (χ1) is 8.27. The van der Waals surface area contributed by atoms with Crippen molar-refractivity contribution in [3.63, 3.8) is 0 Å². The van der Waals surface area contributed by atoms with Gasteiger partial charge in [-0.1, -0.05) is 17.3 Å². The van der Waals surface area contributed by atoms with Crippen molar-refractivity contribution < 1.29 is 28.5 Å². The highest BCUT2D eigenvalue weighted by Gasteiger charge is 2.26. The summed E-state index contributed by atoms with van der Waals surface area (Å²) in [5, 5.41) is 8.50. The number of hydrogen-bond acceptors (Lipinski definition) is 2. The number of para-hydroxylation sites is 1. The van der Waals surface area contributed by atoms with Crippen LogP contribution < -0.4 is 24.0 Å². The molecule has 0 atom stereocenters. The SMILES string of the molecule is C[N+]1(Cn2nnc3ccccc32)CCCCC1.[I-]. The molecule has 1 aromatic carbocycles. The Morgan fingerprint density at radius 2 is 1.89 bits per heavy atom. The number of rotatable bonds is 2. The molecule has 2 aromatic rings. The Balaban J connectivity index is 0.00000120. The van der Waals surface area contributed by atoms with Gasteiger partial charge in [0.25, 0.3) is 0 Å². The molecule has 1 fully saturated rings. The third-order valence-electron chi connectivity index (χ3n) is 3.79. The van der Waals surface area contributed by atoms with Gasteiger partial charge in [0.05, 0.1) is 25.7 Å². The van der Waals surface area contributed by atoms with Gasteiger partial charge in [-0.2, -0.15) is 4.68 Å². The second-order valence-corrected chi connectivity index (χ2v) is 5.35. The van der Waals surface area contributed by atoms with Crippen LogP contribution in [0.5, 0.6) is 0 Å². The molecule has 4 nitrogen and oxygen atoms in total. The number of benzene rings is 1. The minimum Gasteiger partial charge on any atom is -1.00 e. The molecule has 3 rings (SSSR count). The fraction of sp³-hybridized carbons (Fsp3) is 0.538. The summed E-state index contributed by atoms with van der Waals surface area (Å²) in [6, 6.07) is 8.19. The lowest BCUT2D eigenvalue weighted by Crippen LogP contribution is -3.00. The first-order valence-corrected chi connectivity index (χ1v) is 6.39. The Kier molecular flexibility index (Phi) is 4.21. The summed E-state index contributed by atoms with van der Waals surface area (Å²) in [5.74, 6) is 0. The average molecular weight is 358 g/mol. The second kappa shape index (κ2) is 5.52. The maximum absolute atomic E-state index is 4.29. The summed E-state index contributed by atoms with van der Waals surface area (Å²) in [4.78, 5) is 0. The fourth-order valence-electron chi connectivity index (χ4n) is 2.76. The van der Waals surface area contributed by atoms with Gasteiger partial charge in [-0.15, -0.1) is 5.10 Å². The number of piperidine rings is 1. The van der Waals surface area contributed by atoms with Crippen molar-refractivity contribution in [3.8, 4) is 0 Å². The first kappa shape index (κ1) is 13.7. The van der Waals surface area contributed by atoms with Gasteiger partial charge in [0.2, 0.25) is 0 Å². The van der Waals surface area contributed by atoms with E-state index in [0.717, 1.165) is 22.2 Å². The fourth-order valence-corrected chi connectivity index (χ4v) is 2.76. The van der Waals surface area contributed by atoms with E-state index in [1.165, 1.54) is 32.4 Å². The van der Waals surface area contributed by atoms with Gasteiger partial charge in [-0.05, 0) is 31.4 Å². The molecule has 0 unspecified atom stereocenters. The largest absolute Gasteiger partial charge is 1.00 e. The number of quaternary nitrogens is 1. The van der Waals surface area contributed by atoms with E-state index in [1.54, 1.807) is 0 Å². The molecule has 0 amide bonds. The minimum atomic E-state index is 0. The summed E-state index contributed by atoms with van der Waals surface area (Å²) in [7, 11) is 2.33. The van der Waals surface area contributed by atoms with E-state index in [-0.39, 0.29) is 24.0 Å². The highest BCUT2D eigenvalue weighted by atomic mass is 127. The molecular formula is C13H19IN4. The lowest BCUT2D eigenvalue weighted by Gasteiger charge is -2.37. The normalized spacial score (nSPS) is 18.5. The van der Waals surface area contributed by atoms with Crippen LogP contribution in [0.1, 0.15) is 19.3 Å². The van der Waals surface area contributed by atoms with E-state index in [0.29, 0.717) is 0 Å². The number of hydrogen-bond donors (Lipinski definition) is 0. The van der Waals surface area contributed by atoms with Crippen LogP contribution in [-0.2, 0) is 6.67 Å². The van der Waals surface area contributed by atoms with E-state index >= 15 is 0 Å². The average Bonchev–Trinajstić information content (AvgIpc) is 2.73. The molecule has 98 valence electrons. The predicted molar refractivity (Wildman–Crippen MR) is 67.3 cm³/mol. The zero-order valence-corrected chi connectivity index (χ0v) is 12.9. The quantitative estimate of drug-likeness (QED) is 0.511. The van der Waals surface area contributed by atoms with E-state index in [4.69, 9.17) is 0 Å². The van der Waals surface area contributed by atoms with Gasteiger partial charge < -0.3 is 28.5 Å². The second-order valence-electron chi connectivity index (χ2n) is 5.35. The van der Waals surface area contributed by atoms with Crippen molar-refractivity contribution >= 4 is 11.0 Å². The van der Waals surface area contributed by atoms with Crippen LogP contribution in [-0.4, -0.2) is 39.6 Å². The van der Waals surface area contributed by atoms with Gasteiger partial charge in [-0.25, -0.2) is 0 Å². The third kappa shape index (κ3) is 2.66. The monoisotopic (exact) mass is 358 g/mol. The molecule has 1 aliphatic rings. The molecule has 18 heavy (non-hydrogen) atoms. The topological polar surface area (TPSA) is 30.7 Å². The number of nitrogens with zero attached hydrogens (tertiary/aromatic N) is 4. The maximum Gasteiger partial charge on any atom is 0.176 e.